The van der Waals surface area contributed by atoms with Crippen molar-refractivity contribution in [2.24, 2.45) is 0 Å². The summed E-state index contributed by atoms with van der Waals surface area (Å²) in [6, 6.07) is 0. The first kappa shape index (κ1) is 17.0. The van der Waals surface area contributed by atoms with Crippen molar-refractivity contribution in [1.82, 2.24) is 5.32 Å². The normalized spacial score (nSPS) is 22.4. The Balaban J connectivity index is 2.52. The third-order valence-corrected chi connectivity index (χ3v) is 4.65. The molecular weight excluding hydrogens is 234 g/mol. The molecule has 0 aliphatic heterocycles. The Morgan fingerprint density at radius 2 is 1.32 bits per heavy atom. The van der Waals surface area contributed by atoms with E-state index in [9.17, 15) is 5.11 Å². The molecule has 0 spiro atoms. The molecular formula is C17H35NO. The quantitative estimate of drug-likeness (QED) is 0.774. The maximum Gasteiger partial charge on any atom is 0.0448 e. The monoisotopic (exact) mass is 269 g/mol. The van der Waals surface area contributed by atoms with Crippen molar-refractivity contribution in [1.29, 1.82) is 0 Å². The maximum absolute atomic E-state index is 9.43. The molecule has 2 nitrogen and oxygen atoms in total. The Bertz CT molecular complexity index is 193. The Hall–Kier alpha value is -0.0800. The zero-order valence-corrected chi connectivity index (χ0v) is 13.1. The summed E-state index contributed by atoms with van der Waals surface area (Å²) in [6.45, 7) is 3.66. The summed E-state index contributed by atoms with van der Waals surface area (Å²) < 4.78 is 0. The molecule has 0 unspecified atom stereocenters. The minimum absolute atomic E-state index is 0.226. The number of aliphatic hydroxyl groups is 1. The average Bonchev–Trinajstić information content (AvgIpc) is 2.40. The van der Waals surface area contributed by atoms with Crippen molar-refractivity contribution in [3.8, 4) is 0 Å². The van der Waals surface area contributed by atoms with Crippen LogP contribution in [-0.4, -0.2) is 23.8 Å². The van der Waals surface area contributed by atoms with E-state index in [-0.39, 0.29) is 5.54 Å². The van der Waals surface area contributed by atoms with E-state index in [4.69, 9.17) is 0 Å². The minimum atomic E-state index is 0.226. The highest BCUT2D eigenvalue weighted by Crippen LogP contribution is 2.27. The van der Waals surface area contributed by atoms with Gasteiger partial charge in [0.25, 0.3) is 0 Å². The molecule has 1 aliphatic rings. The van der Waals surface area contributed by atoms with Gasteiger partial charge in [0.2, 0.25) is 0 Å². The topological polar surface area (TPSA) is 32.3 Å². The maximum atomic E-state index is 9.43. The van der Waals surface area contributed by atoms with Gasteiger partial charge in [0.15, 0.2) is 0 Å². The predicted molar refractivity (Wildman–Crippen MR) is 83.5 cm³/mol. The first-order valence-electron chi connectivity index (χ1n) is 8.69. The van der Waals surface area contributed by atoms with Crippen molar-refractivity contribution in [2.45, 2.75) is 95.9 Å². The highest BCUT2D eigenvalue weighted by molar-refractivity contribution is 4.87. The Morgan fingerprint density at radius 1 is 0.842 bits per heavy atom. The Labute approximate surface area is 120 Å². The van der Waals surface area contributed by atoms with E-state index >= 15 is 0 Å². The third-order valence-electron chi connectivity index (χ3n) is 4.65. The first-order chi connectivity index (χ1) is 9.33. The van der Waals surface area contributed by atoms with Crippen LogP contribution in [0.3, 0.4) is 0 Å². The molecule has 1 rings (SSSR count). The minimum Gasteiger partial charge on any atom is -0.396 e. The SMILES string of the molecule is CCCNC1(CCO)CCCCCCCCCCC1. The lowest BCUT2D eigenvalue weighted by molar-refractivity contribution is 0.181. The van der Waals surface area contributed by atoms with Gasteiger partial charge >= 0.3 is 0 Å². The summed E-state index contributed by atoms with van der Waals surface area (Å²) in [7, 11) is 0. The lowest BCUT2D eigenvalue weighted by Gasteiger charge is -2.35. The number of aliphatic hydroxyl groups excluding tert-OH is 1. The molecule has 0 aromatic carbocycles. The molecule has 1 saturated carbocycles. The molecule has 0 amide bonds. The number of hydrogen-bond donors (Lipinski definition) is 2. The molecule has 0 saturated heterocycles. The lowest BCUT2D eigenvalue weighted by Crippen LogP contribution is -2.46. The van der Waals surface area contributed by atoms with E-state index in [1.165, 1.54) is 77.0 Å². The van der Waals surface area contributed by atoms with Crippen LogP contribution in [-0.2, 0) is 0 Å². The fourth-order valence-electron chi connectivity index (χ4n) is 3.41. The second-order valence-corrected chi connectivity index (χ2v) is 6.36. The summed E-state index contributed by atoms with van der Waals surface area (Å²) in [6.07, 6.45) is 17.2. The molecule has 1 fully saturated rings. The van der Waals surface area contributed by atoms with Crippen LogP contribution in [0.15, 0.2) is 0 Å². The summed E-state index contributed by atoms with van der Waals surface area (Å²) in [4.78, 5) is 0. The second kappa shape index (κ2) is 10.7. The van der Waals surface area contributed by atoms with Crippen molar-refractivity contribution in [3.05, 3.63) is 0 Å². The molecule has 2 N–H and O–H groups in total. The van der Waals surface area contributed by atoms with Gasteiger partial charge in [-0.1, -0.05) is 64.7 Å². The predicted octanol–water partition coefficient (Wildman–Crippen LogP) is 4.41. The van der Waals surface area contributed by atoms with Crippen LogP contribution in [0.2, 0.25) is 0 Å². The van der Waals surface area contributed by atoms with Gasteiger partial charge in [-0.2, -0.15) is 0 Å². The van der Waals surface area contributed by atoms with E-state index in [1.54, 1.807) is 0 Å². The van der Waals surface area contributed by atoms with E-state index in [1.807, 2.05) is 0 Å². The Morgan fingerprint density at radius 3 is 1.74 bits per heavy atom. The average molecular weight is 269 g/mol. The number of hydrogen-bond acceptors (Lipinski definition) is 2. The van der Waals surface area contributed by atoms with E-state index in [0.717, 1.165) is 13.0 Å². The smallest absolute Gasteiger partial charge is 0.0448 e. The van der Waals surface area contributed by atoms with Crippen LogP contribution < -0.4 is 5.32 Å². The van der Waals surface area contributed by atoms with Gasteiger partial charge in [-0.3, -0.25) is 0 Å². The fourth-order valence-corrected chi connectivity index (χ4v) is 3.41. The van der Waals surface area contributed by atoms with Gasteiger partial charge in [0.05, 0.1) is 0 Å². The van der Waals surface area contributed by atoms with E-state index < -0.39 is 0 Å². The zero-order valence-electron chi connectivity index (χ0n) is 13.1. The van der Waals surface area contributed by atoms with Crippen LogP contribution in [0, 0.1) is 0 Å². The molecule has 0 atom stereocenters. The molecule has 0 aromatic rings. The molecule has 1 aliphatic carbocycles. The van der Waals surface area contributed by atoms with Gasteiger partial charge in [-0.15, -0.1) is 0 Å². The molecule has 0 bridgehead atoms. The van der Waals surface area contributed by atoms with Gasteiger partial charge in [0.1, 0.15) is 0 Å². The van der Waals surface area contributed by atoms with Gasteiger partial charge in [-0.25, -0.2) is 0 Å². The van der Waals surface area contributed by atoms with Crippen LogP contribution in [0.1, 0.15) is 90.4 Å². The lowest BCUT2D eigenvalue weighted by atomic mass is 9.83. The van der Waals surface area contributed by atoms with E-state index in [2.05, 4.69) is 12.2 Å². The number of rotatable bonds is 5. The summed E-state index contributed by atoms with van der Waals surface area (Å²) >= 11 is 0. The van der Waals surface area contributed by atoms with E-state index in [0.29, 0.717) is 6.61 Å². The van der Waals surface area contributed by atoms with Gasteiger partial charge < -0.3 is 10.4 Å². The molecule has 0 heterocycles. The van der Waals surface area contributed by atoms with Crippen LogP contribution in [0.5, 0.6) is 0 Å². The molecule has 19 heavy (non-hydrogen) atoms. The third kappa shape index (κ3) is 7.31. The van der Waals surface area contributed by atoms with Crippen LogP contribution in [0.4, 0.5) is 0 Å². The zero-order chi connectivity index (χ0) is 13.8. The van der Waals surface area contributed by atoms with Crippen LogP contribution in [0.25, 0.3) is 0 Å². The van der Waals surface area contributed by atoms with Crippen molar-refractivity contribution in [3.63, 3.8) is 0 Å². The Kier molecular flexibility index (Phi) is 9.54. The number of nitrogens with one attached hydrogen (secondary N) is 1. The van der Waals surface area contributed by atoms with Gasteiger partial charge in [0, 0.05) is 12.1 Å². The van der Waals surface area contributed by atoms with Crippen LogP contribution >= 0.6 is 0 Å². The van der Waals surface area contributed by atoms with Gasteiger partial charge in [-0.05, 0) is 32.2 Å². The molecule has 114 valence electrons. The summed E-state index contributed by atoms with van der Waals surface area (Å²) in [5.74, 6) is 0. The fraction of sp³-hybridized carbons (Fsp3) is 1.00. The standard InChI is InChI=1S/C17H35NO/c1-2-15-18-17(14-16-19)12-10-8-6-4-3-5-7-9-11-13-17/h18-19H,2-16H2,1H3. The summed E-state index contributed by atoms with van der Waals surface area (Å²) in [5.41, 5.74) is 0.226. The first-order valence-corrected chi connectivity index (χ1v) is 8.69. The highest BCUT2D eigenvalue weighted by Gasteiger charge is 2.27. The largest absolute Gasteiger partial charge is 0.396 e. The molecule has 2 heteroatoms. The highest BCUT2D eigenvalue weighted by atomic mass is 16.3. The molecule has 0 aromatic heterocycles. The van der Waals surface area contributed by atoms with Crippen molar-refractivity contribution < 1.29 is 5.11 Å². The van der Waals surface area contributed by atoms with Crippen molar-refractivity contribution >= 4 is 0 Å². The molecule has 0 radical (unpaired) electrons. The second-order valence-electron chi connectivity index (χ2n) is 6.36. The van der Waals surface area contributed by atoms with Crippen molar-refractivity contribution in [2.75, 3.05) is 13.2 Å². The summed E-state index contributed by atoms with van der Waals surface area (Å²) in [5, 5.41) is 13.2.